The van der Waals surface area contributed by atoms with Crippen LogP contribution in [0.3, 0.4) is 0 Å². The van der Waals surface area contributed by atoms with E-state index in [9.17, 15) is 36.8 Å². The number of alkyl halides is 2. The predicted octanol–water partition coefficient (Wildman–Crippen LogP) is 7.70. The highest BCUT2D eigenvalue weighted by molar-refractivity contribution is 7.90. The molecule has 2 fully saturated rings. The quantitative estimate of drug-likeness (QED) is 0.0550. The normalized spacial score (nSPS) is 15.4. The summed E-state index contributed by atoms with van der Waals surface area (Å²) in [6, 6.07) is 9.02. The molecule has 0 atom stereocenters. The van der Waals surface area contributed by atoms with Gasteiger partial charge in [-0.05, 0) is 62.9 Å². The number of fused-ring (bicyclic) bond motifs is 2. The number of carbonyl (C=O) groups is 2. The van der Waals surface area contributed by atoms with Crippen LogP contribution in [-0.4, -0.2) is 107 Å². The summed E-state index contributed by atoms with van der Waals surface area (Å²) in [7, 11) is -0.362. The third-order valence-electron chi connectivity index (χ3n) is 12.6. The van der Waals surface area contributed by atoms with Crippen LogP contribution >= 0.6 is 22.9 Å². The number of likely N-dealkylation sites (N-methyl/N-ethyl adjacent to an activating group) is 1. The first-order valence-corrected chi connectivity index (χ1v) is 25.1. The molecule has 0 radical (unpaired) electrons. The zero-order valence-corrected chi connectivity index (χ0v) is 40.0. The second kappa shape index (κ2) is 21.0. The molecule has 5 heterocycles. The van der Waals surface area contributed by atoms with Gasteiger partial charge in [0.1, 0.15) is 23.3 Å². The number of likely N-dealkylation sites (tertiary alicyclic amines) is 1. The van der Waals surface area contributed by atoms with Gasteiger partial charge >= 0.3 is 0 Å². The number of pyridine rings is 2. The number of thiophene rings is 1. The van der Waals surface area contributed by atoms with E-state index in [0.717, 1.165) is 25.7 Å². The number of hydrogen-bond acceptors (Lipinski definition) is 12. The fourth-order valence-electron chi connectivity index (χ4n) is 8.80. The number of rotatable bonds is 17. The zero-order valence-electron chi connectivity index (χ0n) is 37.7. The minimum absolute atomic E-state index is 0.00608. The lowest BCUT2D eigenvalue weighted by Crippen LogP contribution is -2.55. The Morgan fingerprint density at radius 3 is 2.49 bits per heavy atom. The Hall–Kier alpha value is -5.79. The van der Waals surface area contributed by atoms with Crippen LogP contribution in [0.15, 0.2) is 59.5 Å². The van der Waals surface area contributed by atoms with Gasteiger partial charge in [-0.15, -0.1) is 11.3 Å². The lowest BCUT2D eigenvalue weighted by atomic mass is 9.85. The van der Waals surface area contributed by atoms with E-state index in [2.05, 4.69) is 49.1 Å². The van der Waals surface area contributed by atoms with Crippen molar-refractivity contribution in [1.29, 1.82) is 5.26 Å². The van der Waals surface area contributed by atoms with Crippen molar-refractivity contribution in [3.05, 3.63) is 92.6 Å². The summed E-state index contributed by atoms with van der Waals surface area (Å²) in [6.45, 7) is 7.05. The minimum Gasteiger partial charge on any atom is -0.355 e. The maximum atomic E-state index is 14.2. The molecule has 4 aromatic heterocycles. The summed E-state index contributed by atoms with van der Waals surface area (Å²) in [4.78, 5) is 58.5. The Bertz CT molecular complexity index is 2980. The van der Waals surface area contributed by atoms with Crippen LogP contribution in [0.5, 0.6) is 0 Å². The molecular formula is C48H52ClF2N9O5S2. The molecule has 2 aliphatic rings. The predicted molar refractivity (Wildman–Crippen MR) is 258 cm³/mol. The monoisotopic (exact) mass is 971 g/mol. The van der Waals surface area contributed by atoms with E-state index in [4.69, 9.17) is 11.6 Å². The van der Waals surface area contributed by atoms with E-state index in [1.54, 1.807) is 48.5 Å². The standard InChI is InChI=1S/C48H52ClF2N9O5S2/c1-5-41(61)57(3)20-10-8-6-7-9-11-24-67(64,65)56-46(62)39-30-66-44-36(16-19-53-43(39)44)37-25-33(49)15-14-32(37)13-12-21-60-31(2)55-40-29-54-45(38(28-52)42(40)47(60)63)58(4)34-17-22-59(23-18-34)35-26-48(50,51)27-35/h5,14-16,19,25,29-30,34-35H,1,6-11,17-18,20-24,26-27H2,2-4H3,(H,56,62). The molecule has 1 aromatic carbocycles. The highest BCUT2D eigenvalue weighted by Crippen LogP contribution is 2.42. The van der Waals surface area contributed by atoms with Crippen LogP contribution in [-0.2, 0) is 21.4 Å². The third-order valence-corrected chi connectivity index (χ3v) is 15.2. The van der Waals surface area contributed by atoms with Crippen LogP contribution in [0.4, 0.5) is 14.6 Å². The van der Waals surface area contributed by atoms with E-state index >= 15 is 0 Å². The lowest BCUT2D eigenvalue weighted by molar-refractivity contribution is -0.127. The van der Waals surface area contributed by atoms with Crippen LogP contribution in [0.2, 0.25) is 5.02 Å². The molecule has 1 aliphatic carbocycles. The number of nitrogens with one attached hydrogen (secondary N) is 1. The number of hydrogen-bond donors (Lipinski definition) is 1. The van der Waals surface area contributed by atoms with Gasteiger partial charge in [0.2, 0.25) is 15.9 Å². The van der Waals surface area contributed by atoms with E-state index in [1.807, 2.05) is 11.9 Å². The minimum atomic E-state index is -3.92. The number of nitrogens with zero attached hydrogens (tertiary/aromatic N) is 8. The van der Waals surface area contributed by atoms with Crippen molar-refractivity contribution in [1.82, 2.24) is 34.0 Å². The number of aryl methyl sites for hydroxylation is 1. The summed E-state index contributed by atoms with van der Waals surface area (Å²) >= 11 is 7.74. The number of aromatic nitrogens is 4. The van der Waals surface area contributed by atoms with Gasteiger partial charge in [0, 0.05) is 91.9 Å². The highest BCUT2D eigenvalue weighted by atomic mass is 35.5. The van der Waals surface area contributed by atoms with Crippen molar-refractivity contribution in [2.24, 2.45) is 0 Å². The molecule has 7 rings (SSSR count). The third kappa shape index (κ3) is 11.3. The molecular weight excluding hydrogens is 920 g/mol. The first-order valence-electron chi connectivity index (χ1n) is 22.2. The Balaban J connectivity index is 1.03. The van der Waals surface area contributed by atoms with Gasteiger partial charge in [0.15, 0.2) is 0 Å². The maximum Gasteiger partial charge on any atom is 0.267 e. The second-order valence-electron chi connectivity index (χ2n) is 17.2. The molecule has 1 aliphatic heterocycles. The first kappa shape index (κ1) is 49.1. The number of unbranched alkanes of at least 4 members (excludes halogenated alkanes) is 5. The van der Waals surface area contributed by atoms with Crippen LogP contribution < -0.4 is 15.2 Å². The molecule has 1 N–H and O–H groups in total. The van der Waals surface area contributed by atoms with Crippen molar-refractivity contribution in [3.63, 3.8) is 0 Å². The number of sulfonamides is 1. The summed E-state index contributed by atoms with van der Waals surface area (Å²) in [6.07, 6.45) is 10.0. The average molecular weight is 973 g/mol. The van der Waals surface area contributed by atoms with Gasteiger partial charge in [-0.25, -0.2) is 31.9 Å². The molecule has 0 spiro atoms. The van der Waals surface area contributed by atoms with E-state index < -0.39 is 27.4 Å². The summed E-state index contributed by atoms with van der Waals surface area (Å²) in [5, 5.41) is 12.5. The Morgan fingerprint density at radius 2 is 1.79 bits per heavy atom. The van der Waals surface area contributed by atoms with Crippen molar-refractivity contribution in [3.8, 4) is 29.0 Å². The number of piperidine rings is 1. The van der Waals surface area contributed by atoms with Gasteiger partial charge in [-0.1, -0.05) is 55.7 Å². The number of amides is 2. The summed E-state index contributed by atoms with van der Waals surface area (Å²) in [5.74, 6) is 3.32. The second-order valence-corrected chi connectivity index (χ2v) is 20.3. The fraction of sp³-hybridized carbons (Fsp3) is 0.438. The Morgan fingerprint density at radius 1 is 1.07 bits per heavy atom. The molecule has 67 heavy (non-hydrogen) atoms. The molecule has 2 amide bonds. The summed E-state index contributed by atoms with van der Waals surface area (Å²) in [5.41, 5.74) is 2.24. The molecule has 352 valence electrons. The van der Waals surface area contributed by atoms with E-state index in [-0.39, 0.29) is 65.2 Å². The molecule has 5 aromatic rings. The SMILES string of the molecule is C=CC(=O)N(C)CCCCCCCCS(=O)(=O)NC(=O)c1csc2c(-c3cc(Cl)ccc3C#CCn3c(C)nc4cnc(N(C)C5CCN(C6CC(F)(F)C6)CC5)c(C#N)c4c3=O)ccnc12. The van der Waals surface area contributed by atoms with Crippen LogP contribution in [0.25, 0.3) is 32.2 Å². The van der Waals surface area contributed by atoms with Gasteiger partial charge in [0.05, 0.1) is 45.2 Å². The average Bonchev–Trinajstić information content (AvgIpc) is 3.74. The van der Waals surface area contributed by atoms with E-state index in [1.165, 1.54) is 34.4 Å². The lowest BCUT2D eigenvalue weighted by Gasteiger charge is -2.46. The first-order chi connectivity index (χ1) is 32.0. The maximum absolute atomic E-state index is 14.2. The largest absolute Gasteiger partial charge is 0.355 e. The van der Waals surface area contributed by atoms with Crippen molar-refractivity contribution in [2.45, 2.75) is 95.7 Å². The van der Waals surface area contributed by atoms with Gasteiger partial charge in [-0.2, -0.15) is 5.26 Å². The molecule has 0 bridgehead atoms. The van der Waals surface area contributed by atoms with Gasteiger partial charge in [-0.3, -0.25) is 28.8 Å². The zero-order chi connectivity index (χ0) is 48.0. The highest BCUT2D eigenvalue weighted by Gasteiger charge is 2.48. The fourth-order valence-corrected chi connectivity index (χ4v) is 11.1. The number of anilines is 1. The number of halogens is 3. The van der Waals surface area contributed by atoms with Crippen molar-refractivity contribution >= 4 is 71.7 Å². The molecule has 0 unspecified atom stereocenters. The summed E-state index contributed by atoms with van der Waals surface area (Å²) < 4.78 is 57.2. The van der Waals surface area contributed by atoms with Gasteiger partial charge < -0.3 is 9.80 Å². The number of benzene rings is 1. The molecule has 14 nitrogen and oxygen atoms in total. The molecule has 1 saturated heterocycles. The van der Waals surface area contributed by atoms with Crippen LogP contribution in [0, 0.1) is 30.1 Å². The molecule has 19 heteroatoms. The smallest absolute Gasteiger partial charge is 0.267 e. The molecule has 1 saturated carbocycles. The van der Waals surface area contributed by atoms with Gasteiger partial charge in [0.25, 0.3) is 17.4 Å². The Labute approximate surface area is 397 Å². The van der Waals surface area contributed by atoms with Crippen LogP contribution in [0.1, 0.15) is 91.5 Å². The Kier molecular flexibility index (Phi) is 15.4. The van der Waals surface area contributed by atoms with Crippen molar-refractivity contribution < 1.29 is 26.8 Å². The van der Waals surface area contributed by atoms with E-state index in [0.29, 0.717) is 88.9 Å². The topological polar surface area (TPSA) is 174 Å². The number of nitriles is 1. The van der Waals surface area contributed by atoms with Crippen molar-refractivity contribution in [2.75, 3.05) is 44.4 Å². The number of carbonyl (C=O) groups excluding carboxylic acids is 2.